The Labute approximate surface area is 150 Å². The molecule has 0 spiro atoms. The number of amides is 1. The predicted molar refractivity (Wildman–Crippen MR) is 93.2 cm³/mol. The molecule has 0 aromatic heterocycles. The van der Waals surface area contributed by atoms with Crippen molar-refractivity contribution in [3.05, 3.63) is 27.7 Å². The molecule has 2 rings (SSSR count). The molecule has 0 bridgehead atoms. The van der Waals surface area contributed by atoms with Gasteiger partial charge in [-0.2, -0.15) is 0 Å². The van der Waals surface area contributed by atoms with Crippen molar-refractivity contribution in [2.24, 2.45) is 5.92 Å². The number of carbonyl (C=O) groups excluding carboxylic acids is 3. The van der Waals surface area contributed by atoms with Crippen molar-refractivity contribution in [2.75, 3.05) is 18.6 Å². The molecule has 1 saturated carbocycles. The zero-order valence-corrected chi connectivity index (χ0v) is 15.1. The number of hydrogen-bond donors (Lipinski definition) is 0. The van der Waals surface area contributed by atoms with Gasteiger partial charge >= 0.3 is 6.09 Å². The first-order valence-corrected chi connectivity index (χ1v) is 8.55. The van der Waals surface area contributed by atoms with E-state index in [2.05, 4.69) is 0 Å². The van der Waals surface area contributed by atoms with Crippen molar-refractivity contribution < 1.29 is 19.1 Å². The Morgan fingerprint density at radius 3 is 2.46 bits per heavy atom. The van der Waals surface area contributed by atoms with Gasteiger partial charge in [0, 0.05) is 18.0 Å². The van der Waals surface area contributed by atoms with E-state index in [1.165, 1.54) is 24.1 Å². The summed E-state index contributed by atoms with van der Waals surface area (Å²) < 4.78 is 4.79. The molecule has 0 radical (unpaired) electrons. The molecule has 0 atom stereocenters. The van der Waals surface area contributed by atoms with Crippen LogP contribution in [0, 0.1) is 5.92 Å². The minimum atomic E-state index is -0.636. The molecule has 1 aliphatic rings. The standard InChI is InChI=1S/C17H19Cl2NO4/c1-3-8-20(17(23)24-2)16-11(6-7-12(18)15(16)19)14(22)9-13(21)10-4-5-10/h6-7,10H,3-5,8-9H2,1-2H3. The number of halogens is 2. The second-order valence-electron chi connectivity index (χ2n) is 5.72. The van der Waals surface area contributed by atoms with Gasteiger partial charge in [0.2, 0.25) is 0 Å². The predicted octanol–water partition coefficient (Wildman–Crippen LogP) is 4.53. The average Bonchev–Trinajstić information content (AvgIpc) is 3.39. The molecule has 1 amide bonds. The summed E-state index contributed by atoms with van der Waals surface area (Å²) in [6, 6.07) is 2.99. The van der Waals surface area contributed by atoms with Crippen molar-refractivity contribution >= 4 is 46.5 Å². The molecule has 5 nitrogen and oxygen atoms in total. The van der Waals surface area contributed by atoms with E-state index in [-0.39, 0.29) is 45.2 Å². The topological polar surface area (TPSA) is 63.7 Å². The normalized spacial score (nSPS) is 13.5. The van der Waals surface area contributed by atoms with E-state index in [0.29, 0.717) is 13.0 Å². The lowest BCUT2D eigenvalue weighted by atomic mass is 10.0. The number of ether oxygens (including phenoxy) is 1. The largest absolute Gasteiger partial charge is 0.452 e. The van der Waals surface area contributed by atoms with Crippen LogP contribution in [-0.4, -0.2) is 31.3 Å². The maximum absolute atomic E-state index is 12.6. The van der Waals surface area contributed by atoms with Crippen LogP contribution in [0.4, 0.5) is 10.5 Å². The van der Waals surface area contributed by atoms with Crippen molar-refractivity contribution in [1.29, 1.82) is 0 Å². The number of carbonyl (C=O) groups is 3. The third-order valence-electron chi connectivity index (χ3n) is 3.85. The number of benzene rings is 1. The summed E-state index contributed by atoms with van der Waals surface area (Å²) in [5.74, 6) is -0.449. The lowest BCUT2D eigenvalue weighted by Crippen LogP contribution is -2.33. The van der Waals surface area contributed by atoms with Crippen LogP contribution < -0.4 is 4.90 Å². The van der Waals surface area contributed by atoms with E-state index < -0.39 is 6.09 Å². The van der Waals surface area contributed by atoms with Crippen LogP contribution in [-0.2, 0) is 9.53 Å². The van der Waals surface area contributed by atoms with Gasteiger partial charge in [-0.25, -0.2) is 4.79 Å². The zero-order chi connectivity index (χ0) is 17.9. The van der Waals surface area contributed by atoms with E-state index in [1.807, 2.05) is 6.92 Å². The molecule has 0 aliphatic heterocycles. The number of hydrogen-bond acceptors (Lipinski definition) is 4. The average molecular weight is 372 g/mol. The molecule has 0 heterocycles. The first-order chi connectivity index (χ1) is 11.4. The second kappa shape index (κ2) is 7.99. The summed E-state index contributed by atoms with van der Waals surface area (Å²) in [6.45, 7) is 2.19. The number of nitrogens with zero attached hydrogens (tertiary/aromatic N) is 1. The van der Waals surface area contributed by atoms with E-state index in [0.717, 1.165) is 12.8 Å². The molecule has 0 saturated heterocycles. The number of methoxy groups -OCH3 is 1. The van der Waals surface area contributed by atoms with Gasteiger partial charge in [-0.15, -0.1) is 0 Å². The first kappa shape index (κ1) is 18.7. The number of ketones is 2. The molecular weight excluding hydrogens is 353 g/mol. The summed E-state index contributed by atoms with van der Waals surface area (Å²) in [4.78, 5) is 37.9. The molecule has 1 fully saturated rings. The molecule has 130 valence electrons. The summed E-state index contributed by atoms with van der Waals surface area (Å²) in [6.07, 6.45) is 1.47. The van der Waals surface area contributed by atoms with E-state index in [9.17, 15) is 14.4 Å². The van der Waals surface area contributed by atoms with Gasteiger partial charge in [0.25, 0.3) is 0 Å². The lowest BCUT2D eigenvalue weighted by Gasteiger charge is -2.24. The maximum atomic E-state index is 12.6. The molecule has 1 aromatic rings. The van der Waals surface area contributed by atoms with E-state index >= 15 is 0 Å². The summed E-state index contributed by atoms with van der Waals surface area (Å²) in [7, 11) is 1.25. The Morgan fingerprint density at radius 2 is 1.92 bits per heavy atom. The fourth-order valence-electron chi connectivity index (χ4n) is 2.46. The number of Topliss-reactive ketones (excluding diaryl/α,β-unsaturated/α-hetero) is 2. The number of anilines is 1. The van der Waals surface area contributed by atoms with Crippen LogP contribution in [0.3, 0.4) is 0 Å². The van der Waals surface area contributed by atoms with E-state index in [1.54, 1.807) is 0 Å². The summed E-state index contributed by atoms with van der Waals surface area (Å²) >= 11 is 12.3. The highest BCUT2D eigenvalue weighted by atomic mass is 35.5. The van der Waals surface area contributed by atoms with Crippen molar-refractivity contribution in [3.63, 3.8) is 0 Å². The monoisotopic (exact) mass is 371 g/mol. The molecule has 0 N–H and O–H groups in total. The fraction of sp³-hybridized carbons (Fsp3) is 0.471. The Kier molecular flexibility index (Phi) is 6.24. The van der Waals surface area contributed by atoms with Gasteiger partial charge in [0.05, 0.1) is 29.3 Å². The Bertz CT molecular complexity index is 671. The third-order valence-corrected chi connectivity index (χ3v) is 4.64. The highest BCUT2D eigenvalue weighted by molar-refractivity contribution is 6.44. The van der Waals surface area contributed by atoms with Crippen molar-refractivity contribution in [3.8, 4) is 0 Å². The second-order valence-corrected chi connectivity index (χ2v) is 6.50. The zero-order valence-electron chi connectivity index (χ0n) is 13.6. The van der Waals surface area contributed by atoms with Gasteiger partial charge in [-0.05, 0) is 31.4 Å². The molecule has 7 heteroatoms. The third kappa shape index (κ3) is 4.08. The molecule has 1 aromatic carbocycles. The maximum Gasteiger partial charge on any atom is 0.414 e. The molecule has 24 heavy (non-hydrogen) atoms. The van der Waals surface area contributed by atoms with Crippen LogP contribution in [0.1, 0.15) is 43.0 Å². The van der Waals surface area contributed by atoms with Crippen LogP contribution >= 0.6 is 23.2 Å². The minimum absolute atomic E-state index is 0.00692. The van der Waals surface area contributed by atoms with Crippen molar-refractivity contribution in [1.82, 2.24) is 0 Å². The van der Waals surface area contributed by atoms with Crippen LogP contribution in [0.5, 0.6) is 0 Å². The Morgan fingerprint density at radius 1 is 1.25 bits per heavy atom. The molecule has 1 aliphatic carbocycles. The highest BCUT2D eigenvalue weighted by Crippen LogP contribution is 2.38. The lowest BCUT2D eigenvalue weighted by molar-refractivity contribution is -0.119. The highest BCUT2D eigenvalue weighted by Gasteiger charge is 2.32. The van der Waals surface area contributed by atoms with Gasteiger partial charge in [-0.3, -0.25) is 14.5 Å². The summed E-state index contributed by atoms with van der Waals surface area (Å²) in [5, 5.41) is 0.321. The quantitative estimate of drug-likeness (QED) is 0.521. The Hall–Kier alpha value is -1.59. The molecule has 0 unspecified atom stereocenters. The van der Waals surface area contributed by atoms with Gasteiger partial charge in [-0.1, -0.05) is 30.1 Å². The Balaban J connectivity index is 2.43. The SMILES string of the molecule is CCCN(C(=O)OC)c1c(C(=O)CC(=O)C2CC2)ccc(Cl)c1Cl. The van der Waals surface area contributed by atoms with Crippen LogP contribution in [0.2, 0.25) is 10.0 Å². The van der Waals surface area contributed by atoms with Gasteiger partial charge in [0.1, 0.15) is 5.78 Å². The molecular formula is C17H19Cl2NO4. The van der Waals surface area contributed by atoms with Crippen LogP contribution in [0.25, 0.3) is 0 Å². The van der Waals surface area contributed by atoms with Gasteiger partial charge < -0.3 is 4.74 Å². The van der Waals surface area contributed by atoms with Crippen molar-refractivity contribution in [2.45, 2.75) is 32.6 Å². The first-order valence-electron chi connectivity index (χ1n) is 7.80. The van der Waals surface area contributed by atoms with E-state index in [4.69, 9.17) is 27.9 Å². The van der Waals surface area contributed by atoms with Gasteiger partial charge in [0.15, 0.2) is 5.78 Å². The smallest absolute Gasteiger partial charge is 0.414 e. The van der Waals surface area contributed by atoms with Crippen LogP contribution in [0.15, 0.2) is 12.1 Å². The summed E-state index contributed by atoms with van der Waals surface area (Å²) in [5.41, 5.74) is 0.406. The number of rotatable bonds is 7. The minimum Gasteiger partial charge on any atom is -0.452 e. The fourth-order valence-corrected chi connectivity index (χ4v) is 2.88.